The molecule has 0 N–H and O–H groups in total. The molecule has 2 aliphatic rings. The van der Waals surface area contributed by atoms with E-state index in [2.05, 4.69) is 14.8 Å². The molecule has 1 aromatic heterocycles. The fourth-order valence-corrected chi connectivity index (χ4v) is 3.81. The van der Waals surface area contributed by atoms with Gasteiger partial charge in [-0.05, 0) is 37.5 Å². The molecule has 2 aliphatic heterocycles. The molecular weight excluding hydrogens is 372 g/mol. The Kier molecular flexibility index (Phi) is 5.55. The molecule has 4 rings (SSSR count). The van der Waals surface area contributed by atoms with E-state index in [1.54, 1.807) is 11.1 Å². The molecule has 0 unspecified atom stereocenters. The van der Waals surface area contributed by atoms with Crippen LogP contribution in [0.25, 0.3) is 0 Å². The number of amides is 1. The van der Waals surface area contributed by atoms with E-state index < -0.39 is 4.92 Å². The van der Waals surface area contributed by atoms with E-state index in [-0.39, 0.29) is 11.6 Å². The number of carbonyl (C=O) groups excluding carboxylic acids is 1. The normalized spacial score (nSPS) is 17.3. The van der Waals surface area contributed by atoms with Crippen LogP contribution in [-0.4, -0.2) is 65.0 Å². The Hall–Kier alpha value is -3.23. The maximum absolute atomic E-state index is 12.7. The van der Waals surface area contributed by atoms with E-state index in [0.717, 1.165) is 24.9 Å². The number of benzene rings is 1. The van der Waals surface area contributed by atoms with Crippen molar-refractivity contribution in [3.63, 3.8) is 0 Å². The molecule has 2 fully saturated rings. The summed E-state index contributed by atoms with van der Waals surface area (Å²) in [6, 6.07) is 7.69. The number of nitro groups is 1. The molecule has 9 heteroatoms. The van der Waals surface area contributed by atoms with Crippen molar-refractivity contribution in [2.24, 2.45) is 0 Å². The highest BCUT2D eigenvalue weighted by atomic mass is 16.6. The number of carbonyl (C=O) groups is 1. The van der Waals surface area contributed by atoms with Gasteiger partial charge in [0, 0.05) is 63.2 Å². The third-order valence-electron chi connectivity index (χ3n) is 5.48. The van der Waals surface area contributed by atoms with Crippen LogP contribution in [-0.2, 0) is 0 Å². The molecule has 9 nitrogen and oxygen atoms in total. The van der Waals surface area contributed by atoms with E-state index in [4.69, 9.17) is 4.98 Å². The van der Waals surface area contributed by atoms with Gasteiger partial charge >= 0.3 is 0 Å². The molecule has 1 amide bonds. The first-order valence-corrected chi connectivity index (χ1v) is 9.98. The molecule has 0 radical (unpaired) electrons. The number of nitrogens with zero attached hydrogens (tertiary/aromatic N) is 6. The van der Waals surface area contributed by atoms with Crippen LogP contribution in [0.5, 0.6) is 0 Å². The molecule has 29 heavy (non-hydrogen) atoms. The van der Waals surface area contributed by atoms with Gasteiger partial charge in [0.15, 0.2) is 0 Å². The summed E-state index contributed by atoms with van der Waals surface area (Å²) in [6.45, 7) is 4.55. The third-order valence-corrected chi connectivity index (χ3v) is 5.48. The van der Waals surface area contributed by atoms with E-state index in [0.29, 0.717) is 31.7 Å². The smallest absolute Gasteiger partial charge is 0.269 e. The minimum absolute atomic E-state index is 0.0142. The largest absolute Gasteiger partial charge is 0.353 e. The molecule has 2 aromatic rings. The van der Waals surface area contributed by atoms with Crippen molar-refractivity contribution >= 4 is 23.4 Å². The number of piperidine rings is 1. The predicted octanol–water partition coefficient (Wildman–Crippen LogP) is 2.34. The Bertz CT molecular complexity index is 874. The minimum Gasteiger partial charge on any atom is -0.353 e. The first kappa shape index (κ1) is 19.1. The summed E-state index contributed by atoms with van der Waals surface area (Å²) < 4.78 is 0. The van der Waals surface area contributed by atoms with Crippen molar-refractivity contribution in [1.29, 1.82) is 0 Å². The molecule has 0 saturated carbocycles. The first-order chi connectivity index (χ1) is 14.1. The number of anilines is 2. The summed E-state index contributed by atoms with van der Waals surface area (Å²) >= 11 is 0. The average molecular weight is 396 g/mol. The number of nitro benzene ring substituents is 1. The lowest BCUT2D eigenvalue weighted by Crippen LogP contribution is -2.49. The zero-order chi connectivity index (χ0) is 20.2. The topological polar surface area (TPSA) is 95.7 Å². The van der Waals surface area contributed by atoms with E-state index in [1.165, 1.54) is 43.5 Å². The van der Waals surface area contributed by atoms with Crippen LogP contribution in [0.3, 0.4) is 0 Å². The predicted molar refractivity (Wildman–Crippen MR) is 109 cm³/mol. The average Bonchev–Trinajstić information content (AvgIpc) is 2.79. The lowest BCUT2D eigenvalue weighted by atomic mass is 10.1. The summed E-state index contributed by atoms with van der Waals surface area (Å²) in [5.41, 5.74) is 0.457. The van der Waals surface area contributed by atoms with Gasteiger partial charge in [0.05, 0.1) is 4.92 Å². The van der Waals surface area contributed by atoms with Crippen molar-refractivity contribution in [2.45, 2.75) is 19.3 Å². The van der Waals surface area contributed by atoms with Crippen LogP contribution in [0.2, 0.25) is 0 Å². The van der Waals surface area contributed by atoms with Crippen molar-refractivity contribution in [3.8, 4) is 0 Å². The summed E-state index contributed by atoms with van der Waals surface area (Å²) in [5.74, 6) is 1.57. The van der Waals surface area contributed by atoms with Gasteiger partial charge in [0.25, 0.3) is 11.6 Å². The van der Waals surface area contributed by atoms with Crippen LogP contribution in [0, 0.1) is 10.1 Å². The highest BCUT2D eigenvalue weighted by molar-refractivity contribution is 5.94. The number of aromatic nitrogens is 2. The fourth-order valence-electron chi connectivity index (χ4n) is 3.81. The van der Waals surface area contributed by atoms with Gasteiger partial charge in [-0.15, -0.1) is 0 Å². The van der Waals surface area contributed by atoms with Crippen molar-refractivity contribution in [1.82, 2.24) is 14.9 Å². The zero-order valence-corrected chi connectivity index (χ0v) is 16.2. The van der Waals surface area contributed by atoms with Crippen LogP contribution in [0.1, 0.15) is 29.6 Å². The van der Waals surface area contributed by atoms with Gasteiger partial charge in [0.1, 0.15) is 5.82 Å². The van der Waals surface area contributed by atoms with Gasteiger partial charge in [-0.3, -0.25) is 14.9 Å². The second-order valence-electron chi connectivity index (χ2n) is 7.35. The summed E-state index contributed by atoms with van der Waals surface area (Å²) in [7, 11) is 0. The second kappa shape index (κ2) is 8.42. The molecule has 0 atom stereocenters. The van der Waals surface area contributed by atoms with E-state index in [9.17, 15) is 14.9 Å². The maximum atomic E-state index is 12.7. The Morgan fingerprint density at radius 3 is 2.24 bits per heavy atom. The Morgan fingerprint density at radius 2 is 1.59 bits per heavy atom. The third kappa shape index (κ3) is 4.28. The molecule has 2 saturated heterocycles. The molecular formula is C20H24N6O3. The van der Waals surface area contributed by atoms with Gasteiger partial charge in [0.2, 0.25) is 5.95 Å². The summed E-state index contributed by atoms with van der Waals surface area (Å²) in [4.78, 5) is 38.4. The standard InChI is InChI=1S/C20H24N6O3/c27-19(16-4-6-17(7-5-16)26(28)29)24-14-12-23(13-15-24)18-8-9-21-20(22-18)25-10-2-1-3-11-25/h4-9H,1-3,10-15H2. The molecule has 1 aromatic carbocycles. The molecule has 0 bridgehead atoms. The van der Waals surface area contributed by atoms with Crippen LogP contribution in [0.4, 0.5) is 17.5 Å². The lowest BCUT2D eigenvalue weighted by Gasteiger charge is -2.36. The van der Waals surface area contributed by atoms with E-state index >= 15 is 0 Å². The highest BCUT2D eigenvalue weighted by Crippen LogP contribution is 2.21. The number of piperazine rings is 1. The van der Waals surface area contributed by atoms with Crippen molar-refractivity contribution in [2.75, 3.05) is 49.1 Å². The summed E-state index contributed by atoms with van der Waals surface area (Å²) in [5, 5.41) is 10.8. The second-order valence-corrected chi connectivity index (χ2v) is 7.35. The highest BCUT2D eigenvalue weighted by Gasteiger charge is 2.24. The Labute approximate surface area is 169 Å². The van der Waals surface area contributed by atoms with Gasteiger partial charge < -0.3 is 14.7 Å². The Balaban J connectivity index is 1.37. The fraction of sp³-hybridized carbons (Fsp3) is 0.450. The van der Waals surface area contributed by atoms with Crippen LogP contribution < -0.4 is 9.80 Å². The molecule has 0 aliphatic carbocycles. The van der Waals surface area contributed by atoms with Gasteiger partial charge in [-0.25, -0.2) is 4.98 Å². The molecule has 3 heterocycles. The number of non-ortho nitro benzene ring substituents is 1. The van der Waals surface area contributed by atoms with Crippen molar-refractivity contribution in [3.05, 3.63) is 52.2 Å². The number of hydrogen-bond donors (Lipinski definition) is 0. The van der Waals surface area contributed by atoms with Crippen molar-refractivity contribution < 1.29 is 9.72 Å². The SMILES string of the molecule is O=C(c1ccc([N+](=O)[O-])cc1)N1CCN(c2ccnc(N3CCCCC3)n2)CC1. The van der Waals surface area contributed by atoms with E-state index in [1.807, 2.05) is 6.07 Å². The van der Waals surface area contributed by atoms with Crippen LogP contribution >= 0.6 is 0 Å². The first-order valence-electron chi connectivity index (χ1n) is 9.98. The quantitative estimate of drug-likeness (QED) is 0.578. The van der Waals surface area contributed by atoms with Crippen LogP contribution in [0.15, 0.2) is 36.5 Å². The lowest BCUT2D eigenvalue weighted by molar-refractivity contribution is -0.384. The molecule has 152 valence electrons. The van der Waals surface area contributed by atoms with Gasteiger partial charge in [-0.1, -0.05) is 0 Å². The summed E-state index contributed by atoms with van der Waals surface area (Å²) in [6.07, 6.45) is 5.43. The number of hydrogen-bond acceptors (Lipinski definition) is 7. The minimum atomic E-state index is -0.465. The zero-order valence-electron chi connectivity index (χ0n) is 16.2. The molecule has 0 spiro atoms. The maximum Gasteiger partial charge on any atom is 0.269 e. The number of rotatable bonds is 4. The van der Waals surface area contributed by atoms with Gasteiger partial charge in [-0.2, -0.15) is 4.98 Å². The monoisotopic (exact) mass is 396 g/mol. The Morgan fingerprint density at radius 1 is 0.897 bits per heavy atom.